The van der Waals surface area contributed by atoms with Gasteiger partial charge in [0.05, 0.1) is 40.3 Å². The summed E-state index contributed by atoms with van der Waals surface area (Å²) < 4.78 is 22.8. The molecular weight excluding hydrogens is 1170 g/mol. The molecule has 538 valence electrons. The number of allylic oxidation sites excluding steroid dienone is 28. The highest BCUT2D eigenvalue weighted by Gasteiger charge is 2.22. The molecule has 0 radical (unpaired) electrons. The number of carbonyl (C=O) groups excluding carboxylic acids is 3. The minimum Gasteiger partial charge on any atom is -0.545 e. The molecule has 0 fully saturated rings. The minimum absolute atomic E-state index is 0.135. The highest BCUT2D eigenvalue weighted by molar-refractivity contribution is 5.70. The summed E-state index contributed by atoms with van der Waals surface area (Å²) in [6.45, 7) is 4.49. The minimum atomic E-state index is -1.64. The van der Waals surface area contributed by atoms with Gasteiger partial charge in [-0.3, -0.25) is 9.59 Å². The zero-order chi connectivity index (χ0) is 69.0. The molecule has 0 aliphatic carbocycles. The molecule has 95 heavy (non-hydrogen) atoms. The molecule has 0 aromatic carbocycles. The van der Waals surface area contributed by atoms with Gasteiger partial charge in [-0.05, 0) is 128 Å². The third-order valence-corrected chi connectivity index (χ3v) is 16.0. The first-order valence-corrected chi connectivity index (χ1v) is 38.3. The molecule has 0 saturated carbocycles. The molecule has 0 amide bonds. The van der Waals surface area contributed by atoms with E-state index in [9.17, 15) is 19.5 Å². The van der Waals surface area contributed by atoms with Crippen LogP contribution < -0.4 is 5.11 Å². The van der Waals surface area contributed by atoms with E-state index >= 15 is 0 Å². The van der Waals surface area contributed by atoms with Crippen molar-refractivity contribution in [3.63, 3.8) is 0 Å². The first-order chi connectivity index (χ1) is 46.6. The van der Waals surface area contributed by atoms with Crippen LogP contribution >= 0.6 is 0 Å². The van der Waals surface area contributed by atoms with Gasteiger partial charge in [-0.25, -0.2) is 0 Å². The normalized spacial score (nSPS) is 13.7. The number of esters is 2. The maximum atomic E-state index is 12.9. The fraction of sp³-hybridized carbons (Fsp3) is 0.640. The highest BCUT2D eigenvalue weighted by Crippen LogP contribution is 2.17. The first-order valence-electron chi connectivity index (χ1n) is 38.3. The summed E-state index contributed by atoms with van der Waals surface area (Å²) in [6.07, 6.45) is 109. The maximum Gasteiger partial charge on any atom is 0.306 e. The lowest BCUT2D eigenvalue weighted by atomic mass is 10.0. The van der Waals surface area contributed by atoms with Crippen LogP contribution in [0.25, 0.3) is 0 Å². The van der Waals surface area contributed by atoms with Crippen LogP contribution in [0.1, 0.15) is 296 Å². The molecule has 0 aromatic rings. The van der Waals surface area contributed by atoms with E-state index in [1.165, 1.54) is 128 Å². The van der Waals surface area contributed by atoms with E-state index in [1.807, 2.05) is 21.1 Å². The number of ether oxygens (including phenoxy) is 4. The fourth-order valence-electron chi connectivity index (χ4n) is 10.2. The van der Waals surface area contributed by atoms with Gasteiger partial charge in [0.1, 0.15) is 13.2 Å². The lowest BCUT2D eigenvalue weighted by Crippen LogP contribution is -2.44. The Labute approximate surface area is 584 Å². The zero-order valence-electron chi connectivity index (χ0n) is 61.5. The van der Waals surface area contributed by atoms with Crippen molar-refractivity contribution >= 4 is 17.9 Å². The van der Waals surface area contributed by atoms with Gasteiger partial charge in [-0.1, -0.05) is 325 Å². The third-order valence-electron chi connectivity index (χ3n) is 16.0. The molecule has 0 heterocycles. The van der Waals surface area contributed by atoms with Crippen LogP contribution in [0.15, 0.2) is 170 Å². The molecule has 0 spiro atoms. The summed E-state index contributed by atoms with van der Waals surface area (Å²) in [5, 5.41) is 11.8. The summed E-state index contributed by atoms with van der Waals surface area (Å²) in [7, 11) is 5.92. The Balaban J connectivity index is 4.09. The quantitative estimate of drug-likeness (QED) is 0.0195. The SMILES string of the molecule is CC/C=C\C/C=C\C/C=C\C/C=C\C/C=C\C/C=C\C/C=C\C/C=C\CCCCCCC(=O)OC(COC(=O)CCCCCCCCCCCCCCCCCCCCCCCC/C=C\C/C=C\C/C=C\C/C=C\C/C=C\C/C=C\CC)COC(OCC[N+](C)(C)C)C(=O)[O-]. The number of likely N-dealkylation sites (N-methyl/N-ethyl adjacent to an activating group) is 1. The van der Waals surface area contributed by atoms with Crippen molar-refractivity contribution in [2.45, 2.75) is 309 Å². The second-order valence-corrected chi connectivity index (χ2v) is 26.2. The Bertz CT molecular complexity index is 2170. The molecule has 2 atom stereocenters. The van der Waals surface area contributed by atoms with Gasteiger partial charge < -0.3 is 33.3 Å². The van der Waals surface area contributed by atoms with E-state index in [0.29, 0.717) is 17.4 Å². The van der Waals surface area contributed by atoms with Gasteiger partial charge in [0.2, 0.25) is 0 Å². The van der Waals surface area contributed by atoms with E-state index in [0.717, 1.165) is 135 Å². The summed E-state index contributed by atoms with van der Waals surface area (Å²) in [6, 6.07) is 0. The van der Waals surface area contributed by atoms with E-state index in [2.05, 4.69) is 184 Å². The Morgan fingerprint density at radius 1 is 0.316 bits per heavy atom. The smallest absolute Gasteiger partial charge is 0.306 e. The van der Waals surface area contributed by atoms with E-state index in [-0.39, 0.29) is 38.6 Å². The van der Waals surface area contributed by atoms with Gasteiger partial charge in [-0.2, -0.15) is 0 Å². The van der Waals surface area contributed by atoms with E-state index < -0.39 is 24.3 Å². The molecule has 0 N–H and O–H groups in total. The highest BCUT2D eigenvalue weighted by atomic mass is 16.7. The van der Waals surface area contributed by atoms with Crippen molar-refractivity contribution in [3.8, 4) is 0 Å². The van der Waals surface area contributed by atoms with Gasteiger partial charge in [0.25, 0.3) is 0 Å². The number of nitrogens with zero attached hydrogens (tertiary/aromatic N) is 1. The number of aliphatic carboxylic acids is 1. The summed E-state index contributed by atoms with van der Waals surface area (Å²) >= 11 is 0. The molecule has 9 heteroatoms. The van der Waals surface area contributed by atoms with Crippen LogP contribution in [-0.2, 0) is 33.3 Å². The van der Waals surface area contributed by atoms with Crippen LogP contribution in [0, 0.1) is 0 Å². The van der Waals surface area contributed by atoms with Crippen LogP contribution in [0.5, 0.6) is 0 Å². The van der Waals surface area contributed by atoms with Crippen molar-refractivity contribution < 1.29 is 42.9 Å². The Morgan fingerprint density at radius 2 is 0.568 bits per heavy atom. The molecular formula is C86H141NO8. The summed E-state index contributed by atoms with van der Waals surface area (Å²) in [4.78, 5) is 37.6. The Kier molecular flexibility index (Phi) is 70.2. The number of quaternary nitrogens is 1. The molecule has 0 aliphatic heterocycles. The monoisotopic (exact) mass is 1320 g/mol. The Hall–Kier alpha value is -5.35. The lowest BCUT2D eigenvalue weighted by Gasteiger charge is -2.26. The number of carbonyl (C=O) groups is 3. The molecule has 0 rings (SSSR count). The molecule has 9 nitrogen and oxygen atoms in total. The number of carboxylic acids is 1. The number of unbranched alkanes of at least 4 members (excludes halogenated alkanes) is 26. The van der Waals surface area contributed by atoms with Crippen LogP contribution in [0.3, 0.4) is 0 Å². The molecule has 0 saturated heterocycles. The molecule has 2 unspecified atom stereocenters. The maximum absolute atomic E-state index is 12.9. The van der Waals surface area contributed by atoms with Gasteiger partial charge in [0.15, 0.2) is 12.4 Å². The molecule has 0 aromatic heterocycles. The summed E-state index contributed by atoms with van der Waals surface area (Å²) in [5.74, 6) is -2.32. The van der Waals surface area contributed by atoms with Gasteiger partial charge in [-0.15, -0.1) is 0 Å². The number of hydrogen-bond acceptors (Lipinski definition) is 8. The van der Waals surface area contributed by atoms with Crippen molar-refractivity contribution in [1.29, 1.82) is 0 Å². The Morgan fingerprint density at radius 3 is 0.842 bits per heavy atom. The predicted octanol–water partition coefficient (Wildman–Crippen LogP) is 23.2. The zero-order valence-corrected chi connectivity index (χ0v) is 61.5. The topological polar surface area (TPSA) is 111 Å². The van der Waals surface area contributed by atoms with Crippen molar-refractivity contribution in [3.05, 3.63) is 170 Å². The van der Waals surface area contributed by atoms with Gasteiger partial charge >= 0.3 is 11.9 Å². The van der Waals surface area contributed by atoms with Crippen molar-refractivity contribution in [2.24, 2.45) is 0 Å². The second-order valence-electron chi connectivity index (χ2n) is 26.2. The number of rotatable bonds is 69. The largest absolute Gasteiger partial charge is 0.545 e. The van der Waals surface area contributed by atoms with Gasteiger partial charge in [0, 0.05) is 12.8 Å². The van der Waals surface area contributed by atoms with Crippen LogP contribution in [-0.4, -0.2) is 82.3 Å². The molecule has 0 aliphatic rings. The van der Waals surface area contributed by atoms with Crippen LogP contribution in [0.4, 0.5) is 0 Å². The van der Waals surface area contributed by atoms with Crippen LogP contribution in [0.2, 0.25) is 0 Å². The number of carboxylic acid groups (broad SMARTS) is 1. The van der Waals surface area contributed by atoms with Crippen molar-refractivity contribution in [1.82, 2.24) is 0 Å². The summed E-state index contributed by atoms with van der Waals surface area (Å²) in [5.41, 5.74) is 0. The first kappa shape index (κ1) is 89.6. The number of hydrogen-bond donors (Lipinski definition) is 0. The molecule has 0 bridgehead atoms. The van der Waals surface area contributed by atoms with Crippen molar-refractivity contribution in [2.75, 3.05) is 47.5 Å². The third kappa shape index (κ3) is 75.9. The predicted molar refractivity (Wildman–Crippen MR) is 407 cm³/mol. The fourth-order valence-corrected chi connectivity index (χ4v) is 10.2. The average Bonchev–Trinajstić information content (AvgIpc) is 2.86. The standard InChI is InChI=1S/C86H141NO8/c1-6-8-10-12-14-16-18-20-22-24-26-28-30-32-34-36-37-38-39-40-41-42-43-44-45-46-47-49-50-52-54-56-58-60-62-64-66-68-70-72-74-76-83(88)93-80-82(81-94-86(85(90)91)92-79-78-87(3,4)5)95-84(89)77-75-73-71-69-67-65-63-61-59-57-55-53-51-48-35-33-31-29-27-25-23-21-19-17-15-13-11-9-7-2/h8-11,14-17,20-23,26-29,32-35,37-38,51,53,57,59,63,65,82,86H,6-7,12-13,18-19,24-25,30-31,36,39-50,52,54-56,58,60-62,64,66-81H2,1-5H3/b10-8-,11-9-,16-14-,17-15-,22-20-,23-21-,28-26-,29-27-,34-32-,35-33-,38-37-,53-51-,59-57-,65-63-. The lowest BCUT2D eigenvalue weighted by molar-refractivity contribution is -0.870. The van der Waals surface area contributed by atoms with E-state index in [1.54, 1.807) is 0 Å². The second kappa shape index (κ2) is 74.4. The average molecular weight is 1320 g/mol. The van der Waals surface area contributed by atoms with E-state index in [4.69, 9.17) is 18.9 Å².